The lowest BCUT2D eigenvalue weighted by Crippen LogP contribution is -2.19. The number of halogens is 1. The molecule has 2 aromatic rings. The second kappa shape index (κ2) is 6.93. The molecule has 6 nitrogen and oxygen atoms in total. The number of rotatable bonds is 5. The first-order valence-electron chi connectivity index (χ1n) is 7.38. The number of nitrogens with zero attached hydrogens (tertiary/aromatic N) is 1. The van der Waals surface area contributed by atoms with Gasteiger partial charge in [0.25, 0.3) is 10.0 Å². The zero-order chi connectivity index (χ0) is 18.9. The van der Waals surface area contributed by atoms with Crippen molar-refractivity contribution >= 4 is 39.0 Å². The Labute approximate surface area is 152 Å². The molecule has 2 N–H and O–H groups in total. The number of hydrogen-bond donors (Lipinski definition) is 2. The van der Waals surface area contributed by atoms with E-state index in [0.29, 0.717) is 27.5 Å². The first kappa shape index (κ1) is 19.1. The Kier molecular flexibility index (Phi) is 5.29. The van der Waals surface area contributed by atoms with E-state index in [9.17, 15) is 18.3 Å². The van der Waals surface area contributed by atoms with Gasteiger partial charge in [0.1, 0.15) is 0 Å². The third kappa shape index (κ3) is 3.88. The largest absolute Gasteiger partial charge is 0.478 e. The van der Waals surface area contributed by atoms with Crippen molar-refractivity contribution in [2.24, 2.45) is 0 Å². The van der Waals surface area contributed by atoms with Gasteiger partial charge in [0.15, 0.2) is 0 Å². The maximum Gasteiger partial charge on any atom is 0.335 e. The molecule has 0 atom stereocenters. The van der Waals surface area contributed by atoms with Crippen molar-refractivity contribution in [1.29, 1.82) is 0 Å². The molecule has 0 aliphatic carbocycles. The third-order valence-corrected chi connectivity index (χ3v) is 5.63. The van der Waals surface area contributed by atoms with Gasteiger partial charge in [-0.25, -0.2) is 13.2 Å². The van der Waals surface area contributed by atoms with Crippen LogP contribution in [-0.2, 0) is 10.0 Å². The predicted octanol–water partition coefficient (Wildman–Crippen LogP) is 3.52. The van der Waals surface area contributed by atoms with E-state index in [1.807, 2.05) is 0 Å². The standard InChI is InChI=1S/C17H19ClN2O4S/c1-10-8-12(17(21)22)9-15(11(10)2)25(23,24)19-14-7-5-6-13(18)16(14)20(3)4/h5-9,19H,1-4H3,(H,21,22). The zero-order valence-electron chi connectivity index (χ0n) is 14.3. The molecule has 8 heteroatoms. The van der Waals surface area contributed by atoms with Crippen molar-refractivity contribution in [1.82, 2.24) is 0 Å². The van der Waals surface area contributed by atoms with Crippen LogP contribution in [0.1, 0.15) is 21.5 Å². The molecule has 0 unspecified atom stereocenters. The van der Waals surface area contributed by atoms with Crippen molar-refractivity contribution in [2.75, 3.05) is 23.7 Å². The van der Waals surface area contributed by atoms with Crippen LogP contribution in [0.4, 0.5) is 11.4 Å². The van der Waals surface area contributed by atoms with E-state index >= 15 is 0 Å². The van der Waals surface area contributed by atoms with Crippen LogP contribution >= 0.6 is 11.6 Å². The smallest absolute Gasteiger partial charge is 0.335 e. The number of aromatic carboxylic acids is 1. The Morgan fingerprint density at radius 2 is 1.84 bits per heavy atom. The van der Waals surface area contributed by atoms with E-state index < -0.39 is 16.0 Å². The van der Waals surface area contributed by atoms with E-state index in [0.717, 1.165) is 6.07 Å². The molecular weight excluding hydrogens is 364 g/mol. The lowest BCUT2D eigenvalue weighted by atomic mass is 10.1. The highest BCUT2D eigenvalue weighted by atomic mass is 35.5. The van der Waals surface area contributed by atoms with Gasteiger partial charge >= 0.3 is 5.97 Å². The van der Waals surface area contributed by atoms with Gasteiger partial charge in [-0.1, -0.05) is 17.7 Å². The van der Waals surface area contributed by atoms with Crippen LogP contribution in [0, 0.1) is 13.8 Å². The average molecular weight is 383 g/mol. The van der Waals surface area contributed by atoms with Crippen molar-refractivity contribution < 1.29 is 18.3 Å². The number of carbonyl (C=O) groups is 1. The first-order chi connectivity index (χ1) is 11.5. The van der Waals surface area contributed by atoms with Crippen LogP contribution in [0.3, 0.4) is 0 Å². The number of para-hydroxylation sites is 1. The fourth-order valence-electron chi connectivity index (χ4n) is 2.48. The van der Waals surface area contributed by atoms with Gasteiger partial charge < -0.3 is 10.0 Å². The summed E-state index contributed by atoms with van der Waals surface area (Å²) < 4.78 is 28.3. The highest BCUT2D eigenvalue weighted by Gasteiger charge is 2.23. The van der Waals surface area contributed by atoms with Gasteiger partial charge in [0.2, 0.25) is 0 Å². The number of carboxylic acids is 1. The molecule has 2 rings (SSSR count). The van der Waals surface area contributed by atoms with Gasteiger partial charge in [-0.05, 0) is 49.2 Å². The highest BCUT2D eigenvalue weighted by molar-refractivity contribution is 7.92. The molecule has 0 heterocycles. The molecule has 0 fully saturated rings. The lowest BCUT2D eigenvalue weighted by molar-refractivity contribution is 0.0696. The number of hydrogen-bond acceptors (Lipinski definition) is 4. The number of benzene rings is 2. The summed E-state index contributed by atoms with van der Waals surface area (Å²) in [5.74, 6) is -1.18. The Balaban J connectivity index is 2.59. The highest BCUT2D eigenvalue weighted by Crippen LogP contribution is 2.34. The molecule has 134 valence electrons. The Bertz CT molecular complexity index is 940. The van der Waals surface area contributed by atoms with Crippen LogP contribution in [0.25, 0.3) is 0 Å². The fourth-order valence-corrected chi connectivity index (χ4v) is 4.24. The normalized spacial score (nSPS) is 11.2. The summed E-state index contributed by atoms with van der Waals surface area (Å²) >= 11 is 6.17. The molecule has 0 saturated carbocycles. The topological polar surface area (TPSA) is 86.7 Å². The maximum absolute atomic E-state index is 12.9. The number of anilines is 2. The average Bonchev–Trinajstić information content (AvgIpc) is 2.48. The summed E-state index contributed by atoms with van der Waals surface area (Å²) in [7, 11) is -0.495. The maximum atomic E-state index is 12.9. The minimum Gasteiger partial charge on any atom is -0.478 e. The molecule has 25 heavy (non-hydrogen) atoms. The molecule has 0 amide bonds. The second-order valence-corrected chi connectivity index (χ2v) is 7.92. The summed E-state index contributed by atoms with van der Waals surface area (Å²) in [6.45, 7) is 3.31. The fraction of sp³-hybridized carbons (Fsp3) is 0.235. The van der Waals surface area contributed by atoms with Crippen LogP contribution < -0.4 is 9.62 Å². The van der Waals surface area contributed by atoms with E-state index in [4.69, 9.17) is 11.6 Å². The zero-order valence-corrected chi connectivity index (χ0v) is 15.9. The van der Waals surface area contributed by atoms with Gasteiger partial charge in [-0.2, -0.15) is 0 Å². The van der Waals surface area contributed by atoms with Crippen molar-refractivity contribution in [3.63, 3.8) is 0 Å². The molecule has 0 saturated heterocycles. The number of aryl methyl sites for hydroxylation is 1. The minimum atomic E-state index is -3.99. The summed E-state index contributed by atoms with van der Waals surface area (Å²) in [5, 5.41) is 9.59. The SMILES string of the molecule is Cc1cc(C(=O)O)cc(S(=O)(=O)Nc2cccc(Cl)c2N(C)C)c1C. The number of sulfonamides is 1. The van der Waals surface area contributed by atoms with E-state index in [2.05, 4.69) is 4.72 Å². The summed E-state index contributed by atoms with van der Waals surface area (Å²) in [4.78, 5) is 12.9. The van der Waals surface area contributed by atoms with Crippen molar-refractivity contribution in [3.05, 3.63) is 52.0 Å². The van der Waals surface area contributed by atoms with E-state index in [1.54, 1.807) is 51.0 Å². The molecule has 2 aromatic carbocycles. The third-order valence-electron chi connectivity index (χ3n) is 3.83. The molecule has 0 spiro atoms. The Hall–Kier alpha value is -2.25. The Morgan fingerprint density at radius 1 is 1.20 bits per heavy atom. The monoisotopic (exact) mass is 382 g/mol. The van der Waals surface area contributed by atoms with Crippen LogP contribution in [0.5, 0.6) is 0 Å². The van der Waals surface area contributed by atoms with Gasteiger partial charge in [-0.3, -0.25) is 4.72 Å². The summed E-state index contributed by atoms with van der Waals surface area (Å²) in [6, 6.07) is 7.50. The van der Waals surface area contributed by atoms with Crippen LogP contribution in [0.2, 0.25) is 5.02 Å². The molecule has 0 radical (unpaired) electrons. The summed E-state index contributed by atoms with van der Waals surface area (Å²) in [6.07, 6.45) is 0. The second-order valence-electron chi connectivity index (χ2n) is 5.86. The molecule has 0 aromatic heterocycles. The number of carboxylic acid groups (broad SMARTS) is 1. The van der Waals surface area contributed by atoms with Crippen LogP contribution in [-0.4, -0.2) is 33.6 Å². The van der Waals surface area contributed by atoms with Gasteiger partial charge in [-0.15, -0.1) is 0 Å². The predicted molar refractivity (Wildman–Crippen MR) is 99.5 cm³/mol. The lowest BCUT2D eigenvalue weighted by Gasteiger charge is -2.20. The van der Waals surface area contributed by atoms with Crippen molar-refractivity contribution in [3.8, 4) is 0 Å². The van der Waals surface area contributed by atoms with Gasteiger partial charge in [0.05, 0.1) is 26.9 Å². The molecule has 0 bridgehead atoms. The quantitative estimate of drug-likeness (QED) is 0.826. The van der Waals surface area contributed by atoms with Gasteiger partial charge in [0, 0.05) is 14.1 Å². The minimum absolute atomic E-state index is 0.0745. The number of nitrogens with one attached hydrogen (secondary N) is 1. The summed E-state index contributed by atoms with van der Waals surface area (Å²) in [5.41, 5.74) is 1.83. The van der Waals surface area contributed by atoms with E-state index in [1.165, 1.54) is 6.07 Å². The van der Waals surface area contributed by atoms with E-state index in [-0.39, 0.29) is 10.5 Å². The van der Waals surface area contributed by atoms with Crippen LogP contribution in [0.15, 0.2) is 35.2 Å². The molecule has 0 aliphatic heterocycles. The molecular formula is C17H19ClN2O4S. The molecule has 0 aliphatic rings. The first-order valence-corrected chi connectivity index (χ1v) is 9.24. The Morgan fingerprint density at radius 3 is 2.40 bits per heavy atom. The van der Waals surface area contributed by atoms with Crippen molar-refractivity contribution in [2.45, 2.75) is 18.7 Å².